The smallest absolute Gasteiger partial charge is 0.350 e. The molecule has 1 aromatic heterocycles. The Hall–Kier alpha value is -3.51. The van der Waals surface area contributed by atoms with E-state index in [2.05, 4.69) is 25.6 Å². The van der Waals surface area contributed by atoms with Crippen LogP contribution >= 0.6 is 0 Å². The van der Waals surface area contributed by atoms with Crippen LogP contribution < -0.4 is 10.6 Å². The third kappa shape index (κ3) is 8.79. The summed E-state index contributed by atoms with van der Waals surface area (Å²) in [4.78, 5) is 12.0. The number of aromatic nitrogens is 3. The van der Waals surface area contributed by atoms with E-state index in [4.69, 9.17) is 21.7 Å². The van der Waals surface area contributed by atoms with E-state index in [1.165, 1.54) is 42.5 Å². The van der Waals surface area contributed by atoms with Crippen molar-refractivity contribution in [1.82, 2.24) is 15.0 Å². The molecular formula is C17H17N5O9S3. The highest BCUT2D eigenvalue weighted by atomic mass is 32.2. The first-order chi connectivity index (χ1) is 15.7. The Balaban J connectivity index is 0.000000945. The third-order valence-corrected chi connectivity index (χ3v) is 5.52. The molecule has 4 N–H and O–H groups in total. The van der Waals surface area contributed by atoms with E-state index in [9.17, 15) is 16.8 Å². The number of anilines is 3. The van der Waals surface area contributed by atoms with Gasteiger partial charge in [0.15, 0.2) is 0 Å². The SMILES string of the molecule is Cc1nc(NCc2ccc(S(=O)(=O)O)cc2)nc(Nc2cccc(S(=O)(=O)O)c2)n1.O=S(=O)=O. The number of nitrogens with one attached hydrogen (secondary N) is 2. The minimum atomic E-state index is -4.34. The third-order valence-electron chi connectivity index (χ3n) is 3.81. The van der Waals surface area contributed by atoms with Crippen LogP contribution in [0.4, 0.5) is 17.6 Å². The van der Waals surface area contributed by atoms with Crippen molar-refractivity contribution in [3.05, 3.63) is 59.9 Å². The molecule has 0 saturated heterocycles. The second-order valence-corrected chi connectivity index (χ2v) is 9.59. The van der Waals surface area contributed by atoms with Gasteiger partial charge in [0.05, 0.1) is 9.79 Å². The van der Waals surface area contributed by atoms with Gasteiger partial charge in [-0.05, 0) is 42.8 Å². The molecule has 0 bridgehead atoms. The molecule has 0 unspecified atom stereocenters. The minimum absolute atomic E-state index is 0.152. The van der Waals surface area contributed by atoms with E-state index >= 15 is 0 Å². The van der Waals surface area contributed by atoms with E-state index < -0.39 is 30.8 Å². The summed E-state index contributed by atoms with van der Waals surface area (Å²) < 4.78 is 88.2. The molecule has 1 heterocycles. The maximum absolute atomic E-state index is 11.3. The molecular weight excluding hydrogens is 514 g/mol. The molecule has 0 amide bonds. The highest BCUT2D eigenvalue weighted by Gasteiger charge is 2.11. The van der Waals surface area contributed by atoms with Crippen molar-refractivity contribution in [2.45, 2.75) is 23.3 Å². The van der Waals surface area contributed by atoms with E-state index in [1.807, 2.05) is 0 Å². The van der Waals surface area contributed by atoms with Crippen molar-refractivity contribution in [2.24, 2.45) is 0 Å². The summed E-state index contributed by atoms with van der Waals surface area (Å²) in [6, 6.07) is 11.1. The summed E-state index contributed by atoms with van der Waals surface area (Å²) in [5, 5.41) is 5.82. The summed E-state index contributed by atoms with van der Waals surface area (Å²) in [5.41, 5.74) is 1.07. The van der Waals surface area contributed by atoms with Gasteiger partial charge in [-0.1, -0.05) is 18.2 Å². The minimum Gasteiger partial charge on any atom is -0.350 e. The number of aryl methyl sites for hydroxylation is 1. The molecule has 2 aromatic carbocycles. The Morgan fingerprint density at radius 2 is 1.38 bits per heavy atom. The number of rotatable bonds is 7. The molecule has 0 fully saturated rings. The highest BCUT2D eigenvalue weighted by molar-refractivity contribution is 7.86. The first-order valence-corrected chi connectivity index (χ1v) is 12.8. The number of benzene rings is 2. The van der Waals surface area contributed by atoms with Gasteiger partial charge in [0, 0.05) is 12.2 Å². The average molecular weight is 532 g/mol. The maximum atomic E-state index is 11.3. The summed E-state index contributed by atoms with van der Waals surface area (Å²) in [6.45, 7) is 1.92. The predicted molar refractivity (Wildman–Crippen MR) is 117 cm³/mol. The lowest BCUT2D eigenvalue weighted by Gasteiger charge is -2.10. The zero-order chi connectivity index (χ0) is 25.5. The van der Waals surface area contributed by atoms with Gasteiger partial charge in [-0.25, -0.2) is 0 Å². The summed E-state index contributed by atoms with van der Waals surface area (Å²) in [6.07, 6.45) is 0. The predicted octanol–water partition coefficient (Wildman–Crippen LogP) is 1.03. The quantitative estimate of drug-likeness (QED) is 0.313. The molecule has 0 saturated carbocycles. The van der Waals surface area contributed by atoms with E-state index in [0.29, 0.717) is 11.5 Å². The Bertz CT molecular complexity index is 1490. The molecule has 3 aromatic rings. The van der Waals surface area contributed by atoms with Gasteiger partial charge >= 0.3 is 10.6 Å². The second kappa shape index (κ2) is 11.1. The van der Waals surface area contributed by atoms with Crippen LogP contribution in [-0.2, 0) is 37.4 Å². The highest BCUT2D eigenvalue weighted by Crippen LogP contribution is 2.19. The van der Waals surface area contributed by atoms with Gasteiger partial charge in [0.1, 0.15) is 5.82 Å². The lowest BCUT2D eigenvalue weighted by Crippen LogP contribution is -2.09. The molecule has 0 radical (unpaired) electrons. The van der Waals surface area contributed by atoms with Crippen molar-refractivity contribution in [1.29, 1.82) is 0 Å². The Labute approximate surface area is 195 Å². The number of nitrogens with zero attached hydrogens (tertiary/aromatic N) is 3. The molecule has 182 valence electrons. The van der Waals surface area contributed by atoms with Crippen molar-refractivity contribution in [2.75, 3.05) is 10.6 Å². The van der Waals surface area contributed by atoms with Crippen LogP contribution in [0.15, 0.2) is 58.3 Å². The lowest BCUT2D eigenvalue weighted by molar-refractivity contribution is 0.481. The summed E-state index contributed by atoms with van der Waals surface area (Å²) >= 11 is 0. The van der Waals surface area contributed by atoms with Crippen LogP contribution in [0.25, 0.3) is 0 Å². The monoisotopic (exact) mass is 531 g/mol. The zero-order valence-corrected chi connectivity index (χ0v) is 19.6. The van der Waals surface area contributed by atoms with E-state index in [1.54, 1.807) is 13.0 Å². The van der Waals surface area contributed by atoms with Crippen molar-refractivity contribution in [3.63, 3.8) is 0 Å². The fourth-order valence-corrected chi connectivity index (χ4v) is 3.45. The van der Waals surface area contributed by atoms with Crippen LogP contribution in [0, 0.1) is 6.92 Å². The molecule has 0 spiro atoms. The van der Waals surface area contributed by atoms with Gasteiger partial charge in [0.2, 0.25) is 11.9 Å². The number of hydrogen-bond acceptors (Lipinski definition) is 12. The van der Waals surface area contributed by atoms with Gasteiger partial charge in [-0.15, -0.1) is 12.6 Å². The molecule has 3 rings (SSSR count). The largest absolute Gasteiger partial charge is 0.425 e. The molecule has 0 atom stereocenters. The summed E-state index contributed by atoms with van der Waals surface area (Å²) in [7, 11) is -11.7. The standard InChI is InChI=1S/C17H17N5O6S2.O3S/c1-11-19-16(18-10-12-5-7-14(8-6-12)29(23,24)25)22-17(20-11)21-13-3-2-4-15(9-13)30(26,27)28;1-4(2)3/h2-9H,10H2,1H3,(H,23,24,25)(H,26,27,28)(H2,18,19,20,21,22);. The van der Waals surface area contributed by atoms with Crippen molar-refractivity contribution < 1.29 is 38.6 Å². The Morgan fingerprint density at radius 1 is 0.824 bits per heavy atom. The van der Waals surface area contributed by atoms with Crippen LogP contribution in [0.5, 0.6) is 0 Å². The molecule has 34 heavy (non-hydrogen) atoms. The van der Waals surface area contributed by atoms with Crippen LogP contribution in [-0.4, -0.2) is 53.5 Å². The molecule has 14 nitrogen and oxygen atoms in total. The Kier molecular flexibility index (Phi) is 8.71. The molecule has 0 aliphatic rings. The average Bonchev–Trinajstić information content (AvgIpc) is 2.71. The molecule has 0 aliphatic heterocycles. The number of hydrogen-bond donors (Lipinski definition) is 4. The van der Waals surface area contributed by atoms with Gasteiger partial charge in [-0.2, -0.15) is 31.8 Å². The zero-order valence-electron chi connectivity index (χ0n) is 17.1. The van der Waals surface area contributed by atoms with Gasteiger partial charge in [-0.3, -0.25) is 9.11 Å². The van der Waals surface area contributed by atoms with Gasteiger partial charge < -0.3 is 10.6 Å². The molecule has 0 aliphatic carbocycles. The normalized spacial score (nSPS) is 11.1. The van der Waals surface area contributed by atoms with Crippen molar-refractivity contribution in [3.8, 4) is 0 Å². The Morgan fingerprint density at radius 3 is 1.94 bits per heavy atom. The van der Waals surface area contributed by atoms with E-state index in [-0.39, 0.29) is 28.2 Å². The summed E-state index contributed by atoms with van der Waals surface area (Å²) in [5.74, 6) is 0.775. The van der Waals surface area contributed by atoms with Crippen LogP contribution in [0.3, 0.4) is 0 Å². The second-order valence-electron chi connectivity index (χ2n) is 6.33. The maximum Gasteiger partial charge on any atom is 0.425 e. The van der Waals surface area contributed by atoms with Crippen molar-refractivity contribution >= 4 is 48.4 Å². The molecule has 17 heteroatoms. The van der Waals surface area contributed by atoms with Crippen LogP contribution in [0.1, 0.15) is 11.4 Å². The fourth-order valence-electron chi connectivity index (χ4n) is 2.44. The van der Waals surface area contributed by atoms with Gasteiger partial charge in [0.25, 0.3) is 20.2 Å². The first kappa shape index (κ1) is 26.7. The van der Waals surface area contributed by atoms with E-state index in [0.717, 1.165) is 5.56 Å². The fraction of sp³-hybridized carbons (Fsp3) is 0.118. The topological polar surface area (TPSA) is 223 Å². The van der Waals surface area contributed by atoms with Crippen LogP contribution in [0.2, 0.25) is 0 Å². The lowest BCUT2D eigenvalue weighted by atomic mass is 10.2. The first-order valence-electron chi connectivity index (χ1n) is 8.88.